The van der Waals surface area contributed by atoms with Gasteiger partial charge < -0.3 is 15.6 Å². The number of aliphatic carboxylic acids is 1. The van der Waals surface area contributed by atoms with Gasteiger partial charge >= 0.3 is 0 Å². The van der Waals surface area contributed by atoms with E-state index in [9.17, 15) is 9.90 Å². The van der Waals surface area contributed by atoms with Crippen LogP contribution >= 0.6 is 0 Å². The molecule has 0 saturated carbocycles. The van der Waals surface area contributed by atoms with Gasteiger partial charge in [-0.3, -0.25) is 0 Å². The number of nitrogens with two attached hydrogens (primary N) is 1. The van der Waals surface area contributed by atoms with Crippen LogP contribution in [0.1, 0.15) is 13.3 Å². The van der Waals surface area contributed by atoms with Gasteiger partial charge in [0.2, 0.25) is 0 Å². The Hall–Kier alpha value is -0.570. The fourth-order valence-corrected chi connectivity index (χ4v) is 0.263. The van der Waals surface area contributed by atoms with Crippen molar-refractivity contribution in [3.63, 3.8) is 0 Å². The molecule has 0 fully saturated rings. The van der Waals surface area contributed by atoms with Crippen LogP contribution in [0.25, 0.3) is 0 Å². The number of hydrogen-bond acceptors (Lipinski definition) is 3. The van der Waals surface area contributed by atoms with E-state index in [1.54, 1.807) is 6.92 Å². The van der Waals surface area contributed by atoms with Crippen LogP contribution in [0.4, 0.5) is 0 Å². The Kier molecular flexibility index (Phi) is 2.37. The summed E-state index contributed by atoms with van der Waals surface area (Å²) in [6.07, 6.45) is -0.0556. The quantitative estimate of drug-likeness (QED) is 0.460. The Labute approximate surface area is 42.1 Å². The highest BCUT2D eigenvalue weighted by atomic mass is 16.4. The first kappa shape index (κ1) is 6.43. The van der Waals surface area contributed by atoms with E-state index in [1.807, 2.05) is 0 Å². The molecule has 3 heteroatoms. The monoisotopic (exact) mass is 102 g/mol. The molecular weight excluding hydrogens is 94.0 g/mol. The molecule has 0 aliphatic rings. The lowest BCUT2D eigenvalue weighted by Gasteiger charge is -2.02. The molecule has 0 amide bonds. The molecule has 0 aliphatic carbocycles. The van der Waals surface area contributed by atoms with Crippen molar-refractivity contribution in [3.8, 4) is 0 Å². The van der Waals surface area contributed by atoms with Gasteiger partial charge in [0.1, 0.15) is 0 Å². The first-order valence-corrected chi connectivity index (χ1v) is 2.08. The summed E-state index contributed by atoms with van der Waals surface area (Å²) in [5, 5.41) is 9.62. The van der Waals surface area contributed by atoms with E-state index in [0.29, 0.717) is 0 Å². The number of rotatable bonds is 2. The second-order valence-electron chi connectivity index (χ2n) is 1.55. The van der Waals surface area contributed by atoms with Crippen LogP contribution in [-0.2, 0) is 4.79 Å². The summed E-state index contributed by atoms with van der Waals surface area (Å²) < 4.78 is 0. The zero-order chi connectivity index (χ0) is 5.86. The summed E-state index contributed by atoms with van der Waals surface area (Å²) in [5.74, 6) is -1.09. The van der Waals surface area contributed by atoms with Gasteiger partial charge in [-0.1, -0.05) is 0 Å². The molecule has 0 aliphatic heterocycles. The van der Waals surface area contributed by atoms with E-state index in [0.717, 1.165) is 0 Å². The summed E-state index contributed by atoms with van der Waals surface area (Å²) in [4.78, 5) is 9.62. The summed E-state index contributed by atoms with van der Waals surface area (Å²) >= 11 is 0. The van der Waals surface area contributed by atoms with Crippen molar-refractivity contribution in [2.24, 2.45) is 5.73 Å². The van der Waals surface area contributed by atoms with Crippen LogP contribution < -0.4 is 10.8 Å². The number of hydrogen-bond donors (Lipinski definition) is 1. The molecule has 0 heterocycles. The molecule has 0 bridgehead atoms. The van der Waals surface area contributed by atoms with Crippen molar-refractivity contribution in [2.45, 2.75) is 19.4 Å². The van der Waals surface area contributed by atoms with Crippen LogP contribution in [0.3, 0.4) is 0 Å². The topological polar surface area (TPSA) is 66.2 Å². The molecule has 0 aromatic rings. The minimum Gasteiger partial charge on any atom is -0.550 e. The third-order valence-corrected chi connectivity index (χ3v) is 0.489. The van der Waals surface area contributed by atoms with E-state index in [-0.39, 0.29) is 12.5 Å². The Morgan fingerprint density at radius 1 is 2.00 bits per heavy atom. The lowest BCUT2D eigenvalue weighted by Crippen LogP contribution is -2.29. The minimum absolute atomic E-state index is 0.0556. The molecule has 0 radical (unpaired) electrons. The van der Waals surface area contributed by atoms with Crippen molar-refractivity contribution in [3.05, 3.63) is 0 Å². The fraction of sp³-hybridized carbons (Fsp3) is 0.750. The maximum Gasteiger partial charge on any atom is 0.0429 e. The van der Waals surface area contributed by atoms with Crippen molar-refractivity contribution < 1.29 is 9.90 Å². The summed E-state index contributed by atoms with van der Waals surface area (Å²) in [6.45, 7) is 1.62. The first-order valence-electron chi connectivity index (χ1n) is 2.08. The van der Waals surface area contributed by atoms with E-state index in [1.165, 1.54) is 0 Å². The average Bonchev–Trinajstić information content (AvgIpc) is 1.27. The van der Waals surface area contributed by atoms with E-state index < -0.39 is 5.97 Å². The van der Waals surface area contributed by atoms with Crippen LogP contribution in [0.5, 0.6) is 0 Å². The molecule has 7 heavy (non-hydrogen) atoms. The smallest absolute Gasteiger partial charge is 0.0429 e. The third kappa shape index (κ3) is 5.43. The molecule has 0 saturated heterocycles. The zero-order valence-electron chi connectivity index (χ0n) is 4.18. The Bertz CT molecular complexity index is 70.1. The van der Waals surface area contributed by atoms with Crippen LogP contribution in [0.2, 0.25) is 0 Å². The third-order valence-electron chi connectivity index (χ3n) is 0.489. The van der Waals surface area contributed by atoms with Crippen LogP contribution in [-0.4, -0.2) is 12.0 Å². The Morgan fingerprint density at radius 2 is 2.43 bits per heavy atom. The fourth-order valence-electron chi connectivity index (χ4n) is 0.263. The van der Waals surface area contributed by atoms with Crippen molar-refractivity contribution in [1.29, 1.82) is 0 Å². The highest BCUT2D eigenvalue weighted by Gasteiger charge is 1.90. The van der Waals surface area contributed by atoms with Gasteiger partial charge in [0.05, 0.1) is 0 Å². The summed E-state index contributed by atoms with van der Waals surface area (Å²) in [5.41, 5.74) is 5.07. The average molecular weight is 102 g/mol. The highest BCUT2D eigenvalue weighted by molar-refractivity contribution is 5.64. The molecule has 0 aromatic heterocycles. The number of carbonyl (C=O) groups excluding carboxylic acids is 1. The van der Waals surface area contributed by atoms with Crippen molar-refractivity contribution in [1.82, 2.24) is 0 Å². The lowest BCUT2D eigenvalue weighted by atomic mass is 10.3. The summed E-state index contributed by atoms with van der Waals surface area (Å²) in [7, 11) is 0. The zero-order valence-corrected chi connectivity index (χ0v) is 4.18. The predicted octanol–water partition coefficient (Wildman–Crippen LogP) is -1.53. The summed E-state index contributed by atoms with van der Waals surface area (Å²) in [6, 6.07) is -0.287. The molecule has 1 atom stereocenters. The predicted molar refractivity (Wildman–Crippen MR) is 23.3 cm³/mol. The number of carbonyl (C=O) groups is 1. The molecule has 0 spiro atoms. The Morgan fingerprint density at radius 3 is 2.43 bits per heavy atom. The Balaban J connectivity index is 3.13. The second kappa shape index (κ2) is 2.58. The van der Waals surface area contributed by atoms with E-state index in [4.69, 9.17) is 5.73 Å². The van der Waals surface area contributed by atoms with Gasteiger partial charge in [-0.15, -0.1) is 0 Å². The van der Waals surface area contributed by atoms with Gasteiger partial charge in [-0.05, 0) is 6.92 Å². The van der Waals surface area contributed by atoms with E-state index in [2.05, 4.69) is 0 Å². The van der Waals surface area contributed by atoms with Crippen molar-refractivity contribution in [2.75, 3.05) is 0 Å². The molecule has 0 rings (SSSR count). The van der Waals surface area contributed by atoms with Crippen LogP contribution in [0.15, 0.2) is 0 Å². The molecular formula is C4H8NO2-. The van der Waals surface area contributed by atoms with Gasteiger partial charge in [0, 0.05) is 18.4 Å². The normalized spacial score (nSPS) is 13.4. The minimum atomic E-state index is -1.09. The molecule has 0 aromatic carbocycles. The standard InChI is InChI=1S/C4H9NO2/c1-3(5)2-4(6)7/h3H,2,5H2,1H3,(H,6,7)/p-1. The van der Waals surface area contributed by atoms with Gasteiger partial charge in [0.25, 0.3) is 0 Å². The maximum atomic E-state index is 9.62. The molecule has 1 unspecified atom stereocenters. The number of carboxylic acids is 1. The highest BCUT2D eigenvalue weighted by Crippen LogP contribution is 1.79. The molecule has 2 N–H and O–H groups in total. The lowest BCUT2D eigenvalue weighted by molar-refractivity contribution is -0.305. The van der Waals surface area contributed by atoms with E-state index >= 15 is 0 Å². The van der Waals surface area contributed by atoms with Gasteiger partial charge in [-0.2, -0.15) is 0 Å². The second-order valence-corrected chi connectivity index (χ2v) is 1.55. The largest absolute Gasteiger partial charge is 0.550 e. The molecule has 3 nitrogen and oxygen atoms in total. The SMILES string of the molecule is CC(N)CC(=O)[O-]. The number of carboxylic acid groups (broad SMARTS) is 1. The first-order chi connectivity index (χ1) is 3.13. The van der Waals surface area contributed by atoms with Crippen LogP contribution in [0, 0.1) is 0 Å². The van der Waals surface area contributed by atoms with Crippen molar-refractivity contribution >= 4 is 5.97 Å². The molecule has 42 valence electrons. The maximum absolute atomic E-state index is 9.62. The van der Waals surface area contributed by atoms with Gasteiger partial charge in [0.15, 0.2) is 0 Å². The van der Waals surface area contributed by atoms with Gasteiger partial charge in [-0.25, -0.2) is 0 Å².